The fourth-order valence-corrected chi connectivity index (χ4v) is 6.15. The van der Waals surface area contributed by atoms with E-state index in [1.807, 2.05) is 30.3 Å². The van der Waals surface area contributed by atoms with Gasteiger partial charge in [-0.25, -0.2) is 0 Å². The van der Waals surface area contributed by atoms with Gasteiger partial charge in [-0.3, -0.25) is 9.08 Å². The average molecular weight is 500 g/mol. The van der Waals surface area contributed by atoms with Crippen LogP contribution in [-0.4, -0.2) is 53.0 Å². The molecule has 4 rings (SSSR count). The number of hydrogen-bond acceptors (Lipinski definition) is 6. The van der Waals surface area contributed by atoms with E-state index in [0.29, 0.717) is 16.6 Å². The number of nitrogens with zero attached hydrogens (tertiary/aromatic N) is 1. The molecule has 174 valence electrons. The van der Waals surface area contributed by atoms with Crippen molar-refractivity contribution in [1.82, 2.24) is 4.90 Å². The van der Waals surface area contributed by atoms with Gasteiger partial charge in [0.25, 0.3) is 10.1 Å². The minimum absolute atomic E-state index is 0.0819. The van der Waals surface area contributed by atoms with Gasteiger partial charge in [0.05, 0.1) is 37.1 Å². The molecule has 2 fully saturated rings. The molecule has 2 aliphatic rings. The van der Waals surface area contributed by atoms with E-state index in [2.05, 4.69) is 11.8 Å². The van der Waals surface area contributed by atoms with Crippen molar-refractivity contribution in [2.45, 2.75) is 24.9 Å². The molecule has 0 spiro atoms. The SMILES string of the molecule is COc1ccc(CN2C[C@@H]3[C@@H](COS(C)(=O)=O)[C@]3(c3ccc(Cl)c(Cl)c3)[C@H]2C)c(OC)c1. The molecule has 4 atom stereocenters. The summed E-state index contributed by atoms with van der Waals surface area (Å²) in [5.74, 6) is 1.85. The van der Waals surface area contributed by atoms with Gasteiger partial charge in [0.2, 0.25) is 0 Å². The van der Waals surface area contributed by atoms with Gasteiger partial charge in [-0.15, -0.1) is 0 Å². The normalized spacial score (nSPS) is 27.2. The molecule has 1 aliphatic heterocycles. The van der Waals surface area contributed by atoms with Gasteiger partial charge in [-0.2, -0.15) is 8.42 Å². The van der Waals surface area contributed by atoms with Gasteiger partial charge in [0.1, 0.15) is 11.5 Å². The van der Waals surface area contributed by atoms with E-state index in [1.165, 1.54) is 0 Å². The van der Waals surface area contributed by atoms with E-state index in [0.717, 1.165) is 35.4 Å². The third kappa shape index (κ3) is 4.10. The molecule has 6 nitrogen and oxygen atoms in total. The largest absolute Gasteiger partial charge is 0.497 e. The van der Waals surface area contributed by atoms with Gasteiger partial charge < -0.3 is 9.47 Å². The van der Waals surface area contributed by atoms with Crippen LogP contribution in [-0.2, 0) is 26.3 Å². The maximum atomic E-state index is 11.6. The number of ether oxygens (including phenoxy) is 2. The summed E-state index contributed by atoms with van der Waals surface area (Å²) < 4.78 is 39.4. The summed E-state index contributed by atoms with van der Waals surface area (Å²) >= 11 is 12.5. The molecule has 9 heteroatoms. The number of halogens is 2. The van der Waals surface area contributed by atoms with Gasteiger partial charge in [0, 0.05) is 42.1 Å². The molecule has 1 saturated heterocycles. The molecule has 2 aromatic rings. The number of benzene rings is 2. The van der Waals surface area contributed by atoms with Crippen LogP contribution in [0.2, 0.25) is 10.0 Å². The monoisotopic (exact) mass is 499 g/mol. The number of hydrogen-bond donors (Lipinski definition) is 0. The Bertz CT molecular complexity index is 1130. The Morgan fingerprint density at radius 2 is 1.84 bits per heavy atom. The van der Waals surface area contributed by atoms with Crippen LogP contribution in [0.5, 0.6) is 11.5 Å². The number of likely N-dealkylation sites (tertiary alicyclic amines) is 1. The Labute approximate surface area is 199 Å². The third-order valence-corrected chi connectivity index (χ3v) is 8.33. The predicted molar refractivity (Wildman–Crippen MR) is 125 cm³/mol. The van der Waals surface area contributed by atoms with Crippen LogP contribution in [0.3, 0.4) is 0 Å². The molecule has 2 aromatic carbocycles. The van der Waals surface area contributed by atoms with Gasteiger partial charge in [-0.05, 0) is 36.6 Å². The first kappa shape index (κ1) is 23.6. The lowest BCUT2D eigenvalue weighted by atomic mass is 9.86. The molecule has 32 heavy (non-hydrogen) atoms. The fraction of sp³-hybridized carbons (Fsp3) is 0.478. The molecule has 0 aromatic heterocycles. The smallest absolute Gasteiger partial charge is 0.264 e. The zero-order valence-electron chi connectivity index (χ0n) is 18.5. The summed E-state index contributed by atoms with van der Waals surface area (Å²) in [4.78, 5) is 2.40. The van der Waals surface area contributed by atoms with E-state index >= 15 is 0 Å². The lowest BCUT2D eigenvalue weighted by Crippen LogP contribution is -2.39. The van der Waals surface area contributed by atoms with Crippen LogP contribution in [0.25, 0.3) is 0 Å². The quantitative estimate of drug-likeness (QED) is 0.502. The highest BCUT2D eigenvalue weighted by atomic mass is 35.5. The van der Waals surface area contributed by atoms with Crippen molar-refractivity contribution in [2.24, 2.45) is 11.8 Å². The molecule has 1 saturated carbocycles. The first-order valence-electron chi connectivity index (χ1n) is 10.4. The standard InChI is InChI=1S/C23H27Cl2NO5S/c1-14-23(16-6-8-20(24)21(25)9-16)18(19(23)13-31-32(4,27)28)12-26(14)11-15-5-7-17(29-2)10-22(15)30-3/h5-10,14,18-19H,11-13H2,1-4H3/t14-,18-,19-,23+/m1/s1. The minimum atomic E-state index is -3.52. The van der Waals surface area contributed by atoms with E-state index < -0.39 is 10.1 Å². The molecular formula is C23H27Cl2NO5S. The third-order valence-electron chi connectivity index (χ3n) is 7.02. The summed E-state index contributed by atoms with van der Waals surface area (Å²) in [5, 5.41) is 0.993. The maximum absolute atomic E-state index is 11.6. The van der Waals surface area contributed by atoms with Gasteiger partial charge >= 0.3 is 0 Å². The van der Waals surface area contributed by atoms with Gasteiger partial charge in [0.15, 0.2) is 0 Å². The number of piperidine rings is 1. The highest BCUT2D eigenvalue weighted by Crippen LogP contribution is 2.67. The van der Waals surface area contributed by atoms with Crippen LogP contribution >= 0.6 is 23.2 Å². The summed E-state index contributed by atoms with van der Waals surface area (Å²) in [6.07, 6.45) is 1.09. The Morgan fingerprint density at radius 3 is 2.47 bits per heavy atom. The molecule has 1 heterocycles. The van der Waals surface area contributed by atoms with Crippen molar-refractivity contribution in [2.75, 3.05) is 33.6 Å². The number of methoxy groups -OCH3 is 2. The van der Waals surface area contributed by atoms with E-state index in [4.69, 9.17) is 36.9 Å². The average Bonchev–Trinajstić information content (AvgIpc) is 3.30. The van der Waals surface area contributed by atoms with Crippen molar-refractivity contribution >= 4 is 33.3 Å². The number of fused-ring (bicyclic) bond motifs is 1. The van der Waals surface area contributed by atoms with Crippen molar-refractivity contribution in [3.05, 3.63) is 57.6 Å². The first-order chi connectivity index (χ1) is 15.1. The Hall–Kier alpha value is -1.51. The minimum Gasteiger partial charge on any atom is -0.497 e. The summed E-state index contributed by atoms with van der Waals surface area (Å²) in [5.41, 5.74) is 1.88. The van der Waals surface area contributed by atoms with Gasteiger partial charge in [-0.1, -0.05) is 35.3 Å². The van der Waals surface area contributed by atoms with Crippen LogP contribution < -0.4 is 9.47 Å². The molecular weight excluding hydrogens is 473 g/mol. The van der Waals surface area contributed by atoms with E-state index in [1.54, 1.807) is 20.3 Å². The van der Waals surface area contributed by atoms with E-state index in [9.17, 15) is 8.42 Å². The lowest BCUT2D eigenvalue weighted by molar-refractivity contribution is 0.173. The van der Waals surface area contributed by atoms with Crippen LogP contribution in [0.15, 0.2) is 36.4 Å². The van der Waals surface area contributed by atoms with Crippen LogP contribution in [0.4, 0.5) is 0 Å². The Morgan fingerprint density at radius 1 is 1.09 bits per heavy atom. The maximum Gasteiger partial charge on any atom is 0.264 e. The van der Waals surface area contributed by atoms with Crippen LogP contribution in [0, 0.1) is 11.8 Å². The second kappa shape index (κ2) is 8.69. The number of rotatable bonds is 8. The molecule has 0 radical (unpaired) electrons. The zero-order valence-corrected chi connectivity index (χ0v) is 20.8. The van der Waals surface area contributed by atoms with E-state index in [-0.39, 0.29) is 29.9 Å². The molecule has 0 amide bonds. The second-order valence-corrected chi connectivity index (χ2v) is 11.0. The predicted octanol–water partition coefficient (Wildman–Crippen LogP) is 4.37. The fourth-order valence-electron chi connectivity index (χ4n) is 5.46. The van der Waals surface area contributed by atoms with Crippen molar-refractivity contribution in [1.29, 1.82) is 0 Å². The Balaban J connectivity index is 1.63. The topological polar surface area (TPSA) is 65.1 Å². The molecule has 0 unspecified atom stereocenters. The molecule has 1 aliphatic carbocycles. The summed E-state index contributed by atoms with van der Waals surface area (Å²) in [7, 11) is -0.237. The van der Waals surface area contributed by atoms with Crippen molar-refractivity contribution < 1.29 is 22.1 Å². The van der Waals surface area contributed by atoms with Crippen LogP contribution in [0.1, 0.15) is 18.1 Å². The lowest BCUT2D eigenvalue weighted by Gasteiger charge is -2.32. The summed E-state index contributed by atoms with van der Waals surface area (Å²) in [6, 6.07) is 11.7. The van der Waals surface area contributed by atoms with Crippen molar-refractivity contribution in [3.8, 4) is 11.5 Å². The Kier molecular flexibility index (Phi) is 6.42. The molecule has 0 bridgehead atoms. The second-order valence-electron chi connectivity index (χ2n) is 8.55. The molecule has 0 N–H and O–H groups in total. The summed E-state index contributed by atoms with van der Waals surface area (Å²) in [6.45, 7) is 3.86. The van der Waals surface area contributed by atoms with Crippen molar-refractivity contribution in [3.63, 3.8) is 0 Å². The first-order valence-corrected chi connectivity index (χ1v) is 12.9. The highest BCUT2D eigenvalue weighted by Gasteiger charge is 2.73. The highest BCUT2D eigenvalue weighted by molar-refractivity contribution is 7.85. The zero-order chi connectivity index (χ0) is 23.3.